The topological polar surface area (TPSA) is 50.7 Å². The van der Waals surface area contributed by atoms with Crippen LogP contribution in [0.1, 0.15) is 44.8 Å². The van der Waals surface area contributed by atoms with E-state index in [1.807, 2.05) is 18.2 Å². The van der Waals surface area contributed by atoms with E-state index in [0.29, 0.717) is 18.5 Å². The summed E-state index contributed by atoms with van der Waals surface area (Å²) in [6, 6.07) is 6.18. The van der Waals surface area contributed by atoms with Crippen LogP contribution in [-0.2, 0) is 0 Å². The van der Waals surface area contributed by atoms with Crippen molar-refractivity contribution in [2.24, 2.45) is 11.8 Å². The van der Waals surface area contributed by atoms with Gasteiger partial charge in [-0.3, -0.25) is 0 Å². The third-order valence-corrected chi connectivity index (χ3v) is 5.11. The zero-order valence-electron chi connectivity index (χ0n) is 12.8. The van der Waals surface area contributed by atoms with E-state index in [9.17, 15) is 5.11 Å². The lowest BCUT2D eigenvalue weighted by atomic mass is 9.93. The van der Waals surface area contributed by atoms with Crippen molar-refractivity contribution in [1.82, 2.24) is 5.32 Å². The molecule has 2 N–H and O–H groups in total. The molecule has 1 aliphatic carbocycles. The van der Waals surface area contributed by atoms with Crippen LogP contribution >= 0.6 is 0 Å². The fourth-order valence-electron chi connectivity index (χ4n) is 3.61. The highest BCUT2D eigenvalue weighted by Crippen LogP contribution is 2.35. The Morgan fingerprint density at radius 2 is 2.10 bits per heavy atom. The summed E-state index contributed by atoms with van der Waals surface area (Å²) in [5, 5.41) is 13.9. The first-order valence-electron chi connectivity index (χ1n) is 8.00. The largest absolute Gasteiger partial charge is 0.454 e. The summed E-state index contributed by atoms with van der Waals surface area (Å²) in [5.41, 5.74) is 0.879. The lowest BCUT2D eigenvalue weighted by molar-refractivity contribution is 0.163. The van der Waals surface area contributed by atoms with Crippen LogP contribution in [-0.4, -0.2) is 24.5 Å². The van der Waals surface area contributed by atoms with Gasteiger partial charge < -0.3 is 19.9 Å². The number of aliphatic hydroxyl groups is 1. The van der Waals surface area contributed by atoms with Crippen LogP contribution < -0.4 is 14.8 Å². The van der Waals surface area contributed by atoms with Gasteiger partial charge in [-0.15, -0.1) is 0 Å². The van der Waals surface area contributed by atoms with E-state index < -0.39 is 6.10 Å². The molecule has 4 nitrogen and oxygen atoms in total. The van der Waals surface area contributed by atoms with Gasteiger partial charge in [0, 0.05) is 12.6 Å². The lowest BCUT2D eigenvalue weighted by Gasteiger charge is -2.22. The van der Waals surface area contributed by atoms with Gasteiger partial charge >= 0.3 is 0 Å². The van der Waals surface area contributed by atoms with Crippen molar-refractivity contribution in [2.45, 2.75) is 45.3 Å². The van der Waals surface area contributed by atoms with Gasteiger partial charge in [-0.25, -0.2) is 0 Å². The summed E-state index contributed by atoms with van der Waals surface area (Å²) in [5.74, 6) is 3.00. The van der Waals surface area contributed by atoms with E-state index in [4.69, 9.17) is 9.47 Å². The molecule has 0 bridgehead atoms. The summed E-state index contributed by atoms with van der Waals surface area (Å²) in [6.07, 6.45) is 3.26. The molecule has 1 aromatic rings. The maximum atomic E-state index is 10.4. The maximum absolute atomic E-state index is 10.4. The Balaban J connectivity index is 1.56. The van der Waals surface area contributed by atoms with Gasteiger partial charge in [-0.1, -0.05) is 26.3 Å². The molecule has 0 aromatic heterocycles. The molecular formula is C17H25NO3. The van der Waals surface area contributed by atoms with Gasteiger partial charge in [0.15, 0.2) is 11.5 Å². The predicted octanol–water partition coefficient (Wildman–Crippen LogP) is 2.86. The molecule has 1 saturated carbocycles. The van der Waals surface area contributed by atoms with Crippen molar-refractivity contribution in [3.05, 3.63) is 23.8 Å². The van der Waals surface area contributed by atoms with Crippen LogP contribution in [0.15, 0.2) is 18.2 Å². The first kappa shape index (κ1) is 14.7. The molecule has 2 aliphatic rings. The highest BCUT2D eigenvalue weighted by Gasteiger charge is 2.31. The normalized spacial score (nSPS) is 28.8. The zero-order chi connectivity index (χ0) is 14.8. The number of fused-ring (bicyclic) bond motifs is 1. The van der Waals surface area contributed by atoms with E-state index in [0.717, 1.165) is 23.0 Å². The monoisotopic (exact) mass is 291 g/mol. The summed E-state index contributed by atoms with van der Waals surface area (Å²) in [6.45, 7) is 5.45. The van der Waals surface area contributed by atoms with Crippen molar-refractivity contribution < 1.29 is 14.6 Å². The lowest BCUT2D eigenvalue weighted by Crippen LogP contribution is -2.35. The van der Waals surface area contributed by atoms with Gasteiger partial charge in [-0.2, -0.15) is 0 Å². The molecule has 0 spiro atoms. The molecule has 4 atom stereocenters. The maximum Gasteiger partial charge on any atom is 0.231 e. The fraction of sp³-hybridized carbons (Fsp3) is 0.647. The molecule has 116 valence electrons. The number of hydrogen-bond donors (Lipinski definition) is 2. The van der Waals surface area contributed by atoms with Crippen molar-refractivity contribution in [1.29, 1.82) is 0 Å². The van der Waals surface area contributed by atoms with E-state index in [1.54, 1.807) is 0 Å². The quantitative estimate of drug-likeness (QED) is 0.876. The Labute approximate surface area is 126 Å². The number of hydrogen-bond acceptors (Lipinski definition) is 4. The molecule has 1 heterocycles. The van der Waals surface area contributed by atoms with Crippen LogP contribution in [0.5, 0.6) is 11.5 Å². The standard InChI is InChI=1S/C17H25NO3/c1-3-12-4-6-14(11(12)2)18-9-15(19)13-5-7-16-17(8-13)21-10-20-16/h5,7-8,11-12,14-15,18-19H,3-4,6,9-10H2,1-2H3. The molecule has 4 unspecified atom stereocenters. The number of ether oxygens (including phenoxy) is 2. The van der Waals surface area contributed by atoms with Gasteiger partial charge in [-0.05, 0) is 42.4 Å². The average Bonchev–Trinajstić information content (AvgIpc) is 3.10. The van der Waals surface area contributed by atoms with E-state index >= 15 is 0 Å². The van der Waals surface area contributed by atoms with Crippen LogP contribution in [0.25, 0.3) is 0 Å². The van der Waals surface area contributed by atoms with E-state index in [-0.39, 0.29) is 6.79 Å². The third-order valence-electron chi connectivity index (χ3n) is 5.11. The fourth-order valence-corrected chi connectivity index (χ4v) is 3.61. The summed E-state index contributed by atoms with van der Waals surface area (Å²) in [4.78, 5) is 0. The second-order valence-corrected chi connectivity index (χ2v) is 6.25. The van der Waals surface area contributed by atoms with Gasteiger partial charge in [0.2, 0.25) is 6.79 Å². The average molecular weight is 291 g/mol. The van der Waals surface area contributed by atoms with Crippen LogP contribution in [0, 0.1) is 11.8 Å². The van der Waals surface area contributed by atoms with Gasteiger partial charge in [0.1, 0.15) is 0 Å². The van der Waals surface area contributed by atoms with Crippen molar-refractivity contribution in [2.75, 3.05) is 13.3 Å². The highest BCUT2D eigenvalue weighted by atomic mass is 16.7. The number of aliphatic hydroxyl groups excluding tert-OH is 1. The predicted molar refractivity (Wildman–Crippen MR) is 81.5 cm³/mol. The molecule has 3 rings (SSSR count). The second-order valence-electron chi connectivity index (χ2n) is 6.25. The van der Waals surface area contributed by atoms with Crippen LogP contribution in [0.4, 0.5) is 0 Å². The van der Waals surface area contributed by atoms with Crippen molar-refractivity contribution in [3.8, 4) is 11.5 Å². The molecule has 1 aromatic carbocycles. The van der Waals surface area contributed by atoms with E-state index in [1.165, 1.54) is 19.3 Å². The van der Waals surface area contributed by atoms with Gasteiger partial charge in [0.05, 0.1) is 6.10 Å². The third kappa shape index (κ3) is 3.01. The minimum atomic E-state index is -0.507. The molecule has 0 radical (unpaired) electrons. The number of rotatable bonds is 5. The number of nitrogens with one attached hydrogen (secondary N) is 1. The molecule has 0 amide bonds. The Morgan fingerprint density at radius 3 is 2.86 bits per heavy atom. The van der Waals surface area contributed by atoms with Crippen LogP contribution in [0.3, 0.4) is 0 Å². The number of benzene rings is 1. The van der Waals surface area contributed by atoms with Crippen molar-refractivity contribution in [3.63, 3.8) is 0 Å². The van der Waals surface area contributed by atoms with Gasteiger partial charge in [0.25, 0.3) is 0 Å². The Hall–Kier alpha value is -1.26. The smallest absolute Gasteiger partial charge is 0.231 e. The molecule has 0 saturated heterocycles. The van der Waals surface area contributed by atoms with Crippen LogP contribution in [0.2, 0.25) is 0 Å². The summed E-state index contributed by atoms with van der Waals surface area (Å²) in [7, 11) is 0. The summed E-state index contributed by atoms with van der Waals surface area (Å²) < 4.78 is 10.7. The first-order chi connectivity index (χ1) is 10.2. The van der Waals surface area contributed by atoms with E-state index in [2.05, 4.69) is 19.2 Å². The zero-order valence-corrected chi connectivity index (χ0v) is 12.8. The minimum Gasteiger partial charge on any atom is -0.454 e. The Kier molecular flexibility index (Phi) is 4.36. The first-order valence-corrected chi connectivity index (χ1v) is 8.00. The van der Waals surface area contributed by atoms with Crippen molar-refractivity contribution >= 4 is 0 Å². The Morgan fingerprint density at radius 1 is 1.29 bits per heavy atom. The minimum absolute atomic E-state index is 0.269. The molecule has 1 aliphatic heterocycles. The molecular weight excluding hydrogens is 266 g/mol. The summed E-state index contributed by atoms with van der Waals surface area (Å²) >= 11 is 0. The second kappa shape index (κ2) is 6.24. The molecule has 4 heteroatoms. The SMILES string of the molecule is CCC1CCC(NCC(O)c2ccc3c(c2)OCO3)C1C. The Bertz CT molecular complexity index is 491. The highest BCUT2D eigenvalue weighted by molar-refractivity contribution is 5.45. The molecule has 21 heavy (non-hydrogen) atoms. The molecule has 1 fully saturated rings.